The third-order valence-electron chi connectivity index (χ3n) is 10.4. The first-order valence-electron chi connectivity index (χ1n) is 22.2. The minimum Gasteiger partial charge on any atom is -0.497 e. The Morgan fingerprint density at radius 3 is 2.27 bits per heavy atom. The maximum absolute atomic E-state index is 13.3. The molecule has 0 aliphatic carbocycles. The summed E-state index contributed by atoms with van der Waals surface area (Å²) < 4.78 is 30.8. The van der Waals surface area contributed by atoms with Crippen LogP contribution in [0.25, 0.3) is 0 Å². The van der Waals surface area contributed by atoms with Crippen molar-refractivity contribution >= 4 is 17.7 Å². The molecule has 5 rings (SSSR count). The van der Waals surface area contributed by atoms with Gasteiger partial charge in [0, 0.05) is 31.3 Å². The summed E-state index contributed by atoms with van der Waals surface area (Å²) in [5.74, 6) is -2.41. The van der Waals surface area contributed by atoms with Crippen molar-refractivity contribution in [2.75, 3.05) is 13.7 Å². The highest BCUT2D eigenvalue weighted by molar-refractivity contribution is 5.95. The maximum Gasteiger partial charge on any atom is 0.335 e. The van der Waals surface area contributed by atoms with Gasteiger partial charge in [-0.15, -0.1) is 0 Å². The number of unbranched alkanes of at least 4 members (excludes halogenated alkanes) is 7. The SMILES string of the molecule is CC(C)(O)O.CCCCCCCCCCO.COc1ccc(COCn2c(=O)ccn(C3CCC(C(OC4CCC=C(C(=O)NC5CCCC(C)NC5=O)O4)C(N)=O)O3)c2=O)cc1. The highest BCUT2D eigenvalue weighted by Gasteiger charge is 2.39. The number of amides is 3. The molecule has 1 aromatic heterocycles. The van der Waals surface area contributed by atoms with E-state index in [4.69, 9.17) is 44.7 Å². The molecule has 3 aliphatic rings. The second-order valence-corrected chi connectivity index (χ2v) is 16.5. The van der Waals surface area contributed by atoms with Crippen molar-refractivity contribution in [2.24, 2.45) is 5.73 Å². The monoisotopic (exact) mass is 890 g/mol. The molecule has 0 bridgehead atoms. The first-order chi connectivity index (χ1) is 30.0. The van der Waals surface area contributed by atoms with Crippen molar-refractivity contribution in [2.45, 2.75) is 180 Å². The van der Waals surface area contributed by atoms with Gasteiger partial charge in [0.15, 0.2) is 17.7 Å². The smallest absolute Gasteiger partial charge is 0.335 e. The number of hydrogen-bond acceptors (Lipinski definition) is 13. The van der Waals surface area contributed by atoms with Gasteiger partial charge in [-0.2, -0.15) is 0 Å². The number of aromatic nitrogens is 2. The molecule has 2 aromatic rings. The molecule has 0 radical (unpaired) electrons. The number of primary amides is 1. The Bertz CT molecular complexity index is 1830. The number of benzene rings is 1. The van der Waals surface area contributed by atoms with Crippen molar-refractivity contribution in [3.63, 3.8) is 0 Å². The molecule has 63 heavy (non-hydrogen) atoms. The predicted octanol–water partition coefficient (Wildman–Crippen LogP) is 3.76. The van der Waals surface area contributed by atoms with Gasteiger partial charge in [0.05, 0.1) is 19.8 Å². The van der Waals surface area contributed by atoms with Crippen LogP contribution in [0.2, 0.25) is 0 Å². The summed E-state index contributed by atoms with van der Waals surface area (Å²) in [6.07, 6.45) is 13.0. The second kappa shape index (κ2) is 27.6. The molecule has 3 aliphatic heterocycles. The Balaban J connectivity index is 0.000000560. The number of methoxy groups -OCH3 is 1. The van der Waals surface area contributed by atoms with Gasteiger partial charge in [-0.05, 0) is 89.5 Å². The quantitative estimate of drug-likeness (QED) is 0.0820. The Kier molecular flexibility index (Phi) is 23.1. The number of carbonyl (C=O) groups excluding carboxylic acids is 3. The van der Waals surface area contributed by atoms with Crippen LogP contribution in [0.15, 0.2) is 58.0 Å². The summed E-state index contributed by atoms with van der Waals surface area (Å²) in [5, 5.41) is 30.3. The van der Waals surface area contributed by atoms with E-state index < -0.39 is 59.6 Å². The molecule has 18 heteroatoms. The van der Waals surface area contributed by atoms with Crippen molar-refractivity contribution in [1.82, 2.24) is 19.8 Å². The van der Waals surface area contributed by atoms with E-state index in [1.165, 1.54) is 75.6 Å². The molecule has 0 spiro atoms. The zero-order chi connectivity index (χ0) is 46.4. The molecule has 2 fully saturated rings. The number of nitrogens with two attached hydrogens (primary N) is 1. The molecule has 6 unspecified atom stereocenters. The third-order valence-corrected chi connectivity index (χ3v) is 10.4. The minimum absolute atomic E-state index is 0.0113. The van der Waals surface area contributed by atoms with Gasteiger partial charge in [-0.3, -0.25) is 23.7 Å². The van der Waals surface area contributed by atoms with E-state index in [9.17, 15) is 24.0 Å². The largest absolute Gasteiger partial charge is 0.497 e. The van der Waals surface area contributed by atoms with Crippen LogP contribution in [-0.2, 0) is 46.7 Å². The standard InChI is InChI=1S/C32H41N5O10.C10H22O.C3H8O2/c1-19-5-3-6-22(30(40)34-19)35-31(41)24-7-4-8-27(46-24)47-28(29(33)39)23-13-14-26(45-23)36-16-15-25(38)37(32(36)42)18-44-17-20-9-11-21(43-2)12-10-20;1-2-3-4-5-6-7-8-9-10-11;1-3(2,4)5/h7,9-12,15-16,19,22-23,26-28H,3-6,8,13-14,17-18H2,1-2H3,(H2,33,39)(H,34,40)(H,35,41);11H,2-10H2,1H3;4-5H,1-2H3. The number of aliphatic hydroxyl groups is 3. The number of rotatable bonds is 20. The lowest BCUT2D eigenvalue weighted by Crippen LogP contribution is -2.48. The van der Waals surface area contributed by atoms with Crippen molar-refractivity contribution < 1.29 is 53.4 Å². The molecule has 6 atom stereocenters. The number of carbonyl (C=O) groups is 3. The number of hydrogen-bond donors (Lipinski definition) is 6. The Labute approximate surface area is 370 Å². The fourth-order valence-corrected chi connectivity index (χ4v) is 7.05. The number of nitrogens with one attached hydrogen (secondary N) is 2. The number of nitrogens with zero attached hydrogens (tertiary/aromatic N) is 2. The summed E-state index contributed by atoms with van der Waals surface area (Å²) >= 11 is 0. The number of aliphatic hydroxyl groups excluding tert-OH is 1. The van der Waals surface area contributed by atoms with E-state index in [0.717, 1.165) is 29.4 Å². The lowest BCUT2D eigenvalue weighted by Gasteiger charge is -2.30. The lowest BCUT2D eigenvalue weighted by atomic mass is 10.1. The highest BCUT2D eigenvalue weighted by atomic mass is 16.7. The van der Waals surface area contributed by atoms with E-state index in [1.54, 1.807) is 25.3 Å². The van der Waals surface area contributed by atoms with Gasteiger partial charge in [-0.1, -0.05) is 64.0 Å². The fraction of sp³-hybridized carbons (Fsp3) is 0.667. The molecule has 354 valence electrons. The first-order valence-corrected chi connectivity index (χ1v) is 22.2. The molecule has 0 saturated carbocycles. The zero-order valence-corrected chi connectivity index (χ0v) is 37.6. The maximum atomic E-state index is 13.3. The van der Waals surface area contributed by atoms with E-state index in [1.807, 2.05) is 19.1 Å². The molecule has 3 amide bonds. The molecular formula is C45H71N5O13. The Hall–Kier alpha value is -4.59. The van der Waals surface area contributed by atoms with Crippen LogP contribution in [0.1, 0.15) is 136 Å². The molecule has 18 nitrogen and oxygen atoms in total. The predicted molar refractivity (Wildman–Crippen MR) is 234 cm³/mol. The molecule has 7 N–H and O–H groups in total. The number of allylic oxidation sites excluding steroid dienone is 1. The molecular weight excluding hydrogens is 819 g/mol. The van der Waals surface area contributed by atoms with Crippen LogP contribution >= 0.6 is 0 Å². The summed E-state index contributed by atoms with van der Waals surface area (Å²) in [6, 6.07) is 7.79. The van der Waals surface area contributed by atoms with E-state index >= 15 is 0 Å². The average molecular weight is 890 g/mol. The molecule has 1 aromatic carbocycles. The van der Waals surface area contributed by atoms with Gasteiger partial charge in [0.1, 0.15) is 24.8 Å². The van der Waals surface area contributed by atoms with E-state index in [2.05, 4.69) is 17.6 Å². The van der Waals surface area contributed by atoms with Crippen molar-refractivity contribution in [1.29, 1.82) is 0 Å². The van der Waals surface area contributed by atoms with Crippen LogP contribution in [0.3, 0.4) is 0 Å². The van der Waals surface area contributed by atoms with Crippen LogP contribution in [-0.4, -0.2) is 92.3 Å². The summed E-state index contributed by atoms with van der Waals surface area (Å²) in [6.45, 7) is 7.02. The fourth-order valence-electron chi connectivity index (χ4n) is 7.05. The third kappa shape index (κ3) is 19.4. The Morgan fingerprint density at radius 2 is 1.63 bits per heavy atom. The van der Waals surface area contributed by atoms with Gasteiger partial charge in [0.2, 0.25) is 18.1 Å². The zero-order valence-electron chi connectivity index (χ0n) is 37.6. The van der Waals surface area contributed by atoms with Crippen molar-refractivity contribution in [3.8, 4) is 5.75 Å². The van der Waals surface area contributed by atoms with Gasteiger partial charge in [-0.25, -0.2) is 9.36 Å². The van der Waals surface area contributed by atoms with Gasteiger partial charge >= 0.3 is 5.69 Å². The lowest BCUT2D eigenvalue weighted by molar-refractivity contribution is -0.195. The molecule has 4 heterocycles. The van der Waals surface area contributed by atoms with Crippen LogP contribution in [0, 0.1) is 0 Å². The Morgan fingerprint density at radius 1 is 0.968 bits per heavy atom. The summed E-state index contributed by atoms with van der Waals surface area (Å²) in [4.78, 5) is 63.7. The van der Waals surface area contributed by atoms with Crippen molar-refractivity contribution in [3.05, 3.63) is 74.8 Å². The highest BCUT2D eigenvalue weighted by Crippen LogP contribution is 2.31. The second-order valence-electron chi connectivity index (χ2n) is 16.5. The van der Waals surface area contributed by atoms with Gasteiger partial charge in [0.25, 0.3) is 11.5 Å². The van der Waals surface area contributed by atoms with E-state index in [-0.39, 0.29) is 31.0 Å². The summed E-state index contributed by atoms with van der Waals surface area (Å²) in [5.41, 5.74) is 5.36. The molecule has 2 saturated heterocycles. The van der Waals surface area contributed by atoms with E-state index in [0.29, 0.717) is 44.5 Å². The topological polar surface area (TPSA) is 252 Å². The number of ether oxygens (including phenoxy) is 5. The van der Waals surface area contributed by atoms with Crippen LogP contribution < -0.4 is 32.4 Å². The van der Waals surface area contributed by atoms with Crippen LogP contribution in [0.5, 0.6) is 5.75 Å². The van der Waals surface area contributed by atoms with Crippen LogP contribution in [0.4, 0.5) is 0 Å². The minimum atomic E-state index is -1.50. The summed E-state index contributed by atoms with van der Waals surface area (Å²) in [7, 11) is 1.57. The normalized spacial score (nSPS) is 21.5. The van der Waals surface area contributed by atoms with Gasteiger partial charge < -0.3 is 55.4 Å². The first kappa shape index (κ1) is 52.8. The average Bonchev–Trinajstić information content (AvgIpc) is 3.66.